The molecule has 90 valence electrons. The molecule has 1 aromatic carbocycles. The van der Waals surface area contributed by atoms with Gasteiger partial charge in [0.15, 0.2) is 0 Å². The Morgan fingerprint density at radius 3 is 2.35 bits per heavy atom. The zero-order valence-electron chi connectivity index (χ0n) is 10.1. The Hall–Kier alpha value is -1.57. The average Bonchev–Trinajstić information content (AvgIpc) is 2.34. The quantitative estimate of drug-likeness (QED) is 0.566. The Balaban J connectivity index is 2.23. The number of rotatable bonds is 1. The lowest BCUT2D eigenvalue weighted by Crippen LogP contribution is -2.06. The van der Waals surface area contributed by atoms with E-state index in [9.17, 15) is 0 Å². The molecule has 2 heteroatoms. The van der Waals surface area contributed by atoms with Crippen LogP contribution in [0.25, 0.3) is 6.08 Å². The third kappa shape index (κ3) is 3.45. The largest absolute Gasteiger partial charge is 0.411 e. The van der Waals surface area contributed by atoms with Crippen LogP contribution in [0.5, 0.6) is 0 Å². The molecule has 0 radical (unpaired) electrons. The van der Waals surface area contributed by atoms with Crippen LogP contribution < -0.4 is 0 Å². The summed E-state index contributed by atoms with van der Waals surface area (Å²) in [6, 6.07) is 10.2. The van der Waals surface area contributed by atoms with Gasteiger partial charge in [0, 0.05) is 0 Å². The molecule has 17 heavy (non-hydrogen) atoms. The first-order valence-corrected chi connectivity index (χ1v) is 6.37. The van der Waals surface area contributed by atoms with E-state index in [2.05, 4.69) is 23.4 Å². The first-order valence-electron chi connectivity index (χ1n) is 6.37. The maximum Gasteiger partial charge on any atom is 0.0827 e. The Labute approximate surface area is 103 Å². The highest BCUT2D eigenvalue weighted by molar-refractivity contribution is 6.03. The third-order valence-electron chi connectivity index (χ3n) is 3.24. The van der Waals surface area contributed by atoms with Crippen molar-refractivity contribution in [2.24, 2.45) is 5.16 Å². The summed E-state index contributed by atoms with van der Waals surface area (Å²) in [5, 5.41) is 12.6. The van der Waals surface area contributed by atoms with Crippen LogP contribution in [-0.2, 0) is 0 Å². The summed E-state index contributed by atoms with van der Waals surface area (Å²) in [7, 11) is 0. The number of allylic oxidation sites excluding steroid dienone is 1. The van der Waals surface area contributed by atoms with E-state index in [0.717, 1.165) is 25.0 Å². The molecule has 1 N–H and O–H groups in total. The lowest BCUT2D eigenvalue weighted by molar-refractivity contribution is 0.317. The second kappa shape index (κ2) is 6.24. The molecule has 0 atom stereocenters. The van der Waals surface area contributed by atoms with Crippen molar-refractivity contribution in [1.82, 2.24) is 0 Å². The minimum atomic E-state index is 0.869. The zero-order chi connectivity index (χ0) is 11.9. The third-order valence-corrected chi connectivity index (χ3v) is 3.24. The van der Waals surface area contributed by atoms with Gasteiger partial charge in [-0.3, -0.25) is 0 Å². The molecule has 2 rings (SSSR count). The normalized spacial score (nSPS) is 22.4. The summed E-state index contributed by atoms with van der Waals surface area (Å²) in [4.78, 5) is 0. The monoisotopic (exact) mass is 229 g/mol. The van der Waals surface area contributed by atoms with Crippen molar-refractivity contribution >= 4 is 11.8 Å². The molecule has 0 aromatic heterocycles. The summed E-state index contributed by atoms with van der Waals surface area (Å²) in [5.41, 5.74) is 3.25. The van der Waals surface area contributed by atoms with Gasteiger partial charge in [0.05, 0.1) is 5.71 Å². The second-order valence-electron chi connectivity index (χ2n) is 4.54. The van der Waals surface area contributed by atoms with E-state index in [4.69, 9.17) is 5.21 Å². The van der Waals surface area contributed by atoms with Gasteiger partial charge in [-0.1, -0.05) is 48.3 Å². The van der Waals surface area contributed by atoms with Crippen molar-refractivity contribution in [1.29, 1.82) is 0 Å². The lowest BCUT2D eigenvalue weighted by Gasteiger charge is -2.13. The molecule has 0 unspecified atom stereocenters. The molecule has 1 saturated carbocycles. The van der Waals surface area contributed by atoms with Crippen LogP contribution in [0.1, 0.15) is 44.1 Å². The highest BCUT2D eigenvalue weighted by atomic mass is 16.4. The van der Waals surface area contributed by atoms with E-state index in [0.29, 0.717) is 0 Å². The van der Waals surface area contributed by atoms with E-state index in [-0.39, 0.29) is 0 Å². The van der Waals surface area contributed by atoms with Gasteiger partial charge in [0.1, 0.15) is 0 Å². The second-order valence-corrected chi connectivity index (χ2v) is 4.54. The molecule has 0 bridgehead atoms. The number of oxime groups is 1. The van der Waals surface area contributed by atoms with Crippen LogP contribution in [0, 0.1) is 0 Å². The SMILES string of the molecule is O/N=C1\CCCCCC\C1=C\c1ccccc1. The number of hydrogen-bond donors (Lipinski definition) is 1. The van der Waals surface area contributed by atoms with Gasteiger partial charge in [0.25, 0.3) is 0 Å². The van der Waals surface area contributed by atoms with E-state index in [1.807, 2.05) is 18.2 Å². The van der Waals surface area contributed by atoms with Crippen LogP contribution in [0.3, 0.4) is 0 Å². The van der Waals surface area contributed by atoms with Crippen molar-refractivity contribution in [2.75, 3.05) is 0 Å². The summed E-state index contributed by atoms with van der Waals surface area (Å²) < 4.78 is 0. The number of nitrogens with zero attached hydrogens (tertiary/aromatic N) is 1. The molecule has 0 spiro atoms. The maximum atomic E-state index is 9.10. The summed E-state index contributed by atoms with van der Waals surface area (Å²) in [6.45, 7) is 0. The highest BCUT2D eigenvalue weighted by Crippen LogP contribution is 2.22. The van der Waals surface area contributed by atoms with Crippen LogP contribution in [0.15, 0.2) is 41.1 Å². The maximum absolute atomic E-state index is 9.10. The van der Waals surface area contributed by atoms with Gasteiger partial charge in [0.2, 0.25) is 0 Å². The van der Waals surface area contributed by atoms with Gasteiger partial charge in [-0.25, -0.2) is 0 Å². The first-order chi connectivity index (χ1) is 8.40. The minimum absolute atomic E-state index is 0.869. The fourth-order valence-electron chi connectivity index (χ4n) is 2.29. The molecule has 0 heterocycles. The molecule has 0 aliphatic heterocycles. The Kier molecular flexibility index (Phi) is 4.37. The van der Waals surface area contributed by atoms with Gasteiger partial charge in [-0.05, 0) is 42.9 Å². The molecule has 1 aromatic rings. The van der Waals surface area contributed by atoms with E-state index in [1.165, 1.54) is 30.4 Å². The smallest absolute Gasteiger partial charge is 0.0827 e. The molecule has 1 aliphatic carbocycles. The van der Waals surface area contributed by atoms with Gasteiger partial charge < -0.3 is 5.21 Å². The summed E-state index contributed by atoms with van der Waals surface area (Å²) >= 11 is 0. The predicted molar refractivity (Wildman–Crippen MR) is 71.3 cm³/mol. The summed E-state index contributed by atoms with van der Waals surface area (Å²) in [5.74, 6) is 0. The van der Waals surface area contributed by atoms with Crippen molar-refractivity contribution in [3.63, 3.8) is 0 Å². The molecule has 0 saturated heterocycles. The molecule has 0 amide bonds. The van der Waals surface area contributed by atoms with E-state index in [1.54, 1.807) is 0 Å². The van der Waals surface area contributed by atoms with Crippen molar-refractivity contribution in [3.8, 4) is 0 Å². The van der Waals surface area contributed by atoms with Crippen LogP contribution in [0.2, 0.25) is 0 Å². The number of benzene rings is 1. The van der Waals surface area contributed by atoms with Crippen molar-refractivity contribution < 1.29 is 5.21 Å². The highest BCUT2D eigenvalue weighted by Gasteiger charge is 2.11. The van der Waals surface area contributed by atoms with Crippen molar-refractivity contribution in [2.45, 2.75) is 38.5 Å². The lowest BCUT2D eigenvalue weighted by atomic mass is 9.93. The topological polar surface area (TPSA) is 32.6 Å². The van der Waals surface area contributed by atoms with Gasteiger partial charge in [-0.15, -0.1) is 0 Å². The predicted octanol–water partition coefficient (Wildman–Crippen LogP) is 4.25. The Morgan fingerprint density at radius 2 is 1.65 bits per heavy atom. The Morgan fingerprint density at radius 1 is 0.941 bits per heavy atom. The molecule has 1 fully saturated rings. The first kappa shape index (κ1) is 11.9. The number of hydrogen-bond acceptors (Lipinski definition) is 2. The van der Waals surface area contributed by atoms with E-state index < -0.39 is 0 Å². The molecular weight excluding hydrogens is 210 g/mol. The van der Waals surface area contributed by atoms with Crippen LogP contribution in [-0.4, -0.2) is 10.9 Å². The minimum Gasteiger partial charge on any atom is -0.411 e. The fourth-order valence-corrected chi connectivity index (χ4v) is 2.29. The van der Waals surface area contributed by atoms with Crippen molar-refractivity contribution in [3.05, 3.63) is 41.5 Å². The standard InChI is InChI=1S/C15H19NO/c17-16-15-11-7-2-1-6-10-14(15)12-13-8-4-3-5-9-13/h3-5,8-9,12,17H,1-2,6-7,10-11H2/b14-12-,16-15+. The van der Waals surface area contributed by atoms with Crippen LogP contribution >= 0.6 is 0 Å². The van der Waals surface area contributed by atoms with Crippen LogP contribution in [0.4, 0.5) is 0 Å². The van der Waals surface area contributed by atoms with Gasteiger partial charge in [-0.2, -0.15) is 0 Å². The summed E-state index contributed by atoms with van der Waals surface area (Å²) in [6.07, 6.45) is 8.93. The average molecular weight is 229 g/mol. The van der Waals surface area contributed by atoms with Gasteiger partial charge >= 0.3 is 0 Å². The molecular formula is C15H19NO. The zero-order valence-corrected chi connectivity index (χ0v) is 10.1. The molecule has 1 aliphatic rings. The fraction of sp³-hybridized carbons (Fsp3) is 0.400. The Bertz CT molecular complexity index is 406. The molecule has 2 nitrogen and oxygen atoms in total. The van der Waals surface area contributed by atoms with E-state index >= 15 is 0 Å².